The van der Waals surface area contributed by atoms with Gasteiger partial charge in [-0.25, -0.2) is 8.78 Å². The first kappa shape index (κ1) is 16.2. The topological polar surface area (TPSA) is 40.5 Å². The number of benzene rings is 1. The van der Waals surface area contributed by atoms with Crippen molar-refractivity contribution in [2.24, 2.45) is 5.92 Å². The Morgan fingerprint density at radius 1 is 1.38 bits per heavy atom. The van der Waals surface area contributed by atoms with E-state index in [-0.39, 0.29) is 18.3 Å². The predicted octanol–water partition coefficient (Wildman–Crippen LogP) is 2.68. The Labute approximate surface area is 127 Å². The molecule has 3 nitrogen and oxygen atoms in total. The Balaban J connectivity index is 1.84. The molecule has 1 aliphatic rings. The van der Waals surface area contributed by atoms with Gasteiger partial charge in [0.05, 0.1) is 5.75 Å². The highest BCUT2D eigenvalue weighted by Crippen LogP contribution is 2.23. The van der Waals surface area contributed by atoms with Crippen LogP contribution in [0.4, 0.5) is 8.78 Å². The van der Waals surface area contributed by atoms with Gasteiger partial charge in [0.25, 0.3) is 0 Å². The molecule has 1 heterocycles. The SMILES string of the molecule is O=C(CSc1ccc(F)c(F)c1)N1CCCC(CCO)C1. The summed E-state index contributed by atoms with van der Waals surface area (Å²) >= 11 is 1.21. The molecule has 0 spiro atoms. The maximum Gasteiger partial charge on any atom is 0.232 e. The molecule has 0 saturated carbocycles. The molecule has 1 aromatic carbocycles. The molecule has 0 aromatic heterocycles. The number of amides is 1. The van der Waals surface area contributed by atoms with E-state index in [1.165, 1.54) is 17.8 Å². The third kappa shape index (κ3) is 4.68. The second-order valence-electron chi connectivity index (χ2n) is 5.22. The number of aliphatic hydroxyl groups excluding tert-OH is 1. The molecule has 6 heteroatoms. The van der Waals surface area contributed by atoms with Crippen molar-refractivity contribution in [3.05, 3.63) is 29.8 Å². The summed E-state index contributed by atoms with van der Waals surface area (Å²) in [6.07, 6.45) is 2.72. The summed E-state index contributed by atoms with van der Waals surface area (Å²) in [6.45, 7) is 1.56. The molecule has 1 N–H and O–H groups in total. The van der Waals surface area contributed by atoms with Crippen LogP contribution in [0.25, 0.3) is 0 Å². The minimum absolute atomic E-state index is 0.00683. The highest BCUT2D eigenvalue weighted by Gasteiger charge is 2.23. The number of nitrogens with zero attached hydrogens (tertiary/aromatic N) is 1. The van der Waals surface area contributed by atoms with Crippen molar-refractivity contribution in [3.63, 3.8) is 0 Å². The maximum absolute atomic E-state index is 13.1. The molecule has 1 atom stereocenters. The van der Waals surface area contributed by atoms with Crippen LogP contribution >= 0.6 is 11.8 Å². The van der Waals surface area contributed by atoms with Gasteiger partial charge >= 0.3 is 0 Å². The van der Waals surface area contributed by atoms with Gasteiger partial charge < -0.3 is 10.0 Å². The zero-order valence-electron chi connectivity index (χ0n) is 11.7. The van der Waals surface area contributed by atoms with E-state index in [0.29, 0.717) is 17.4 Å². The second kappa shape index (κ2) is 7.75. The number of thioether (sulfide) groups is 1. The lowest BCUT2D eigenvalue weighted by molar-refractivity contribution is -0.130. The Morgan fingerprint density at radius 3 is 2.90 bits per heavy atom. The van der Waals surface area contributed by atoms with Crippen molar-refractivity contribution in [2.45, 2.75) is 24.2 Å². The number of hydrogen-bond acceptors (Lipinski definition) is 3. The van der Waals surface area contributed by atoms with Crippen molar-refractivity contribution in [1.29, 1.82) is 0 Å². The standard InChI is InChI=1S/C15H19F2NO2S/c16-13-4-3-12(8-14(13)17)21-10-15(20)18-6-1-2-11(9-18)5-7-19/h3-4,8,11,19H,1-2,5-7,9-10H2. The van der Waals surface area contributed by atoms with Crippen molar-refractivity contribution < 1.29 is 18.7 Å². The van der Waals surface area contributed by atoms with Crippen LogP contribution in [0.3, 0.4) is 0 Å². The first-order valence-corrected chi connectivity index (χ1v) is 8.05. The molecule has 1 amide bonds. The number of aliphatic hydroxyl groups is 1. The Bertz CT molecular complexity index is 497. The Morgan fingerprint density at radius 2 is 2.19 bits per heavy atom. The van der Waals surface area contributed by atoms with Crippen molar-refractivity contribution in [1.82, 2.24) is 4.90 Å². The summed E-state index contributed by atoms with van der Waals surface area (Å²) in [6, 6.07) is 3.65. The van der Waals surface area contributed by atoms with E-state index >= 15 is 0 Å². The maximum atomic E-state index is 13.1. The number of piperidine rings is 1. The summed E-state index contributed by atoms with van der Waals surface area (Å²) in [5.41, 5.74) is 0. The quantitative estimate of drug-likeness (QED) is 0.849. The van der Waals surface area contributed by atoms with Crippen LogP contribution < -0.4 is 0 Å². The molecular formula is C15H19F2NO2S. The summed E-state index contributed by atoms with van der Waals surface area (Å²) in [5.74, 6) is -1.19. The average molecular weight is 315 g/mol. The third-order valence-electron chi connectivity index (χ3n) is 3.66. The fraction of sp³-hybridized carbons (Fsp3) is 0.533. The monoisotopic (exact) mass is 315 g/mol. The van der Waals surface area contributed by atoms with Crippen molar-refractivity contribution in [3.8, 4) is 0 Å². The van der Waals surface area contributed by atoms with Crippen molar-refractivity contribution in [2.75, 3.05) is 25.4 Å². The fourth-order valence-corrected chi connectivity index (χ4v) is 3.34. The van der Waals surface area contributed by atoms with Crippen LogP contribution in [0.2, 0.25) is 0 Å². The molecule has 0 radical (unpaired) electrons. The minimum atomic E-state index is -0.895. The van der Waals surface area contributed by atoms with Gasteiger partial charge in [-0.15, -0.1) is 11.8 Å². The number of hydrogen-bond donors (Lipinski definition) is 1. The van der Waals surface area contributed by atoms with Crippen LogP contribution in [0.15, 0.2) is 23.1 Å². The van der Waals surface area contributed by atoms with Crippen LogP contribution in [-0.4, -0.2) is 41.4 Å². The lowest BCUT2D eigenvalue weighted by atomic mass is 9.95. The van der Waals surface area contributed by atoms with E-state index in [1.807, 2.05) is 0 Å². The molecule has 0 bridgehead atoms. The molecule has 2 rings (SSSR count). The number of likely N-dealkylation sites (tertiary alicyclic amines) is 1. The van der Waals surface area contributed by atoms with Crippen molar-refractivity contribution >= 4 is 17.7 Å². The van der Waals surface area contributed by atoms with Gasteiger partial charge in [-0.05, 0) is 43.4 Å². The van der Waals surface area contributed by atoms with Crippen LogP contribution in [0.5, 0.6) is 0 Å². The van der Waals surface area contributed by atoms with Gasteiger partial charge in [0.1, 0.15) is 0 Å². The van der Waals surface area contributed by atoms with E-state index in [4.69, 9.17) is 5.11 Å². The molecular weight excluding hydrogens is 296 g/mol. The summed E-state index contributed by atoms with van der Waals surface area (Å²) in [7, 11) is 0. The molecule has 1 unspecified atom stereocenters. The summed E-state index contributed by atoms with van der Waals surface area (Å²) in [4.78, 5) is 14.5. The molecule has 1 saturated heterocycles. The first-order valence-electron chi connectivity index (χ1n) is 7.06. The van der Waals surface area contributed by atoms with Gasteiger partial charge in [0, 0.05) is 24.6 Å². The minimum Gasteiger partial charge on any atom is -0.396 e. The zero-order valence-corrected chi connectivity index (χ0v) is 12.5. The van der Waals surface area contributed by atoms with Gasteiger partial charge in [-0.2, -0.15) is 0 Å². The van der Waals surface area contributed by atoms with E-state index in [9.17, 15) is 13.6 Å². The molecule has 21 heavy (non-hydrogen) atoms. The van der Waals surface area contributed by atoms with E-state index in [1.54, 1.807) is 4.90 Å². The lowest BCUT2D eigenvalue weighted by Gasteiger charge is -2.32. The molecule has 0 aliphatic carbocycles. The number of carbonyl (C=O) groups is 1. The lowest BCUT2D eigenvalue weighted by Crippen LogP contribution is -2.41. The number of carbonyl (C=O) groups excluding carboxylic acids is 1. The summed E-state index contributed by atoms with van der Waals surface area (Å²) < 4.78 is 25.9. The smallest absolute Gasteiger partial charge is 0.232 e. The fourth-order valence-electron chi connectivity index (χ4n) is 2.51. The molecule has 1 aromatic rings. The average Bonchev–Trinajstić information content (AvgIpc) is 2.49. The van der Waals surface area contributed by atoms with Gasteiger partial charge in [0.15, 0.2) is 11.6 Å². The highest BCUT2D eigenvalue weighted by atomic mass is 32.2. The largest absolute Gasteiger partial charge is 0.396 e. The van der Waals surface area contributed by atoms with E-state index < -0.39 is 11.6 Å². The van der Waals surface area contributed by atoms with Gasteiger partial charge in [0.2, 0.25) is 5.91 Å². The highest BCUT2D eigenvalue weighted by molar-refractivity contribution is 8.00. The molecule has 1 aliphatic heterocycles. The predicted molar refractivity (Wildman–Crippen MR) is 78.1 cm³/mol. The Kier molecular flexibility index (Phi) is 5.99. The normalized spacial score (nSPS) is 18.8. The van der Waals surface area contributed by atoms with Crippen LogP contribution in [0.1, 0.15) is 19.3 Å². The molecule has 1 fully saturated rings. The molecule has 116 valence electrons. The zero-order chi connectivity index (χ0) is 15.2. The first-order chi connectivity index (χ1) is 10.1. The Hall–Kier alpha value is -1.14. The second-order valence-corrected chi connectivity index (χ2v) is 6.27. The summed E-state index contributed by atoms with van der Waals surface area (Å²) in [5, 5.41) is 8.97. The van der Waals surface area contributed by atoms with E-state index in [0.717, 1.165) is 37.9 Å². The van der Waals surface area contributed by atoms with Gasteiger partial charge in [-0.3, -0.25) is 4.79 Å². The van der Waals surface area contributed by atoms with E-state index in [2.05, 4.69) is 0 Å². The van der Waals surface area contributed by atoms with Crippen LogP contribution in [-0.2, 0) is 4.79 Å². The van der Waals surface area contributed by atoms with Gasteiger partial charge in [-0.1, -0.05) is 0 Å². The number of halogens is 2. The third-order valence-corrected chi connectivity index (χ3v) is 4.64. The number of rotatable bonds is 5. The van der Waals surface area contributed by atoms with Crippen LogP contribution in [0, 0.1) is 17.6 Å².